The summed E-state index contributed by atoms with van der Waals surface area (Å²) in [4.78, 5) is 35.6. The molecule has 0 saturated carbocycles. The Bertz CT molecular complexity index is 336. The van der Waals surface area contributed by atoms with Gasteiger partial charge in [0, 0.05) is 26.1 Å². The van der Waals surface area contributed by atoms with Crippen LogP contribution >= 0.6 is 11.8 Å². The molecule has 0 aromatic rings. The molecule has 1 rings (SSSR count). The minimum atomic E-state index is -0.336. The van der Waals surface area contributed by atoms with Crippen molar-refractivity contribution in [1.29, 1.82) is 0 Å². The fourth-order valence-electron chi connectivity index (χ4n) is 1.77. The minimum absolute atomic E-state index is 0.127. The van der Waals surface area contributed by atoms with Gasteiger partial charge in [-0.2, -0.15) is 0 Å². The molecule has 2 amide bonds. The molecule has 0 aromatic heterocycles. The number of carbonyl (C=O) groups excluding carboxylic acids is 3. The molecule has 1 heterocycles. The quantitative estimate of drug-likeness (QED) is 0.669. The van der Waals surface area contributed by atoms with Crippen molar-refractivity contribution in [3.63, 3.8) is 0 Å². The van der Waals surface area contributed by atoms with Crippen molar-refractivity contribution >= 4 is 29.5 Å². The van der Waals surface area contributed by atoms with Crippen LogP contribution in [-0.4, -0.2) is 60.9 Å². The van der Waals surface area contributed by atoms with Crippen molar-refractivity contribution in [1.82, 2.24) is 10.2 Å². The summed E-state index contributed by atoms with van der Waals surface area (Å²) in [6.07, 6.45) is 2.61. The van der Waals surface area contributed by atoms with E-state index in [0.717, 1.165) is 19.4 Å². The number of ether oxygens (including phenoxy) is 1. The summed E-state index contributed by atoms with van der Waals surface area (Å²) < 4.78 is 4.47. The fourth-order valence-corrected chi connectivity index (χ4v) is 2.44. The number of nitrogens with zero attached hydrogens (tertiary/aromatic N) is 1. The maximum atomic E-state index is 11.5. The summed E-state index contributed by atoms with van der Waals surface area (Å²) >= 11 is 1.21. The van der Waals surface area contributed by atoms with Crippen molar-refractivity contribution in [3.8, 4) is 0 Å². The van der Waals surface area contributed by atoms with Gasteiger partial charge in [-0.1, -0.05) is 0 Å². The molecule has 1 saturated heterocycles. The molecule has 1 aliphatic heterocycles. The molecule has 0 atom stereocenters. The summed E-state index contributed by atoms with van der Waals surface area (Å²) in [5.74, 6) is 0.105. The Hall–Kier alpha value is -1.24. The lowest BCUT2D eigenvalue weighted by molar-refractivity contribution is -0.137. The van der Waals surface area contributed by atoms with Crippen molar-refractivity contribution in [2.45, 2.75) is 19.3 Å². The summed E-state index contributed by atoms with van der Waals surface area (Å²) in [7, 11) is 1.32. The van der Waals surface area contributed by atoms with Crippen molar-refractivity contribution in [3.05, 3.63) is 0 Å². The van der Waals surface area contributed by atoms with Crippen LogP contribution in [0.2, 0.25) is 0 Å². The van der Waals surface area contributed by atoms with Crippen molar-refractivity contribution in [2.75, 3.05) is 38.2 Å². The number of thioether (sulfide) groups is 1. The summed E-state index contributed by atoms with van der Waals surface area (Å²) in [6, 6.07) is 0. The second-order valence-electron chi connectivity index (χ2n) is 4.26. The zero-order chi connectivity index (χ0) is 14.1. The van der Waals surface area contributed by atoms with Crippen LogP contribution in [0.4, 0.5) is 0 Å². The molecule has 19 heavy (non-hydrogen) atoms. The summed E-state index contributed by atoms with van der Waals surface area (Å²) in [5.41, 5.74) is 0. The number of esters is 1. The van der Waals surface area contributed by atoms with Crippen LogP contribution in [0.15, 0.2) is 0 Å². The van der Waals surface area contributed by atoms with Gasteiger partial charge in [0.05, 0.1) is 18.6 Å². The monoisotopic (exact) mass is 288 g/mol. The van der Waals surface area contributed by atoms with E-state index in [1.807, 2.05) is 0 Å². The average Bonchev–Trinajstić information content (AvgIpc) is 2.40. The predicted octanol–water partition coefficient (Wildman–Crippen LogP) is 0.0213. The van der Waals surface area contributed by atoms with Crippen LogP contribution in [-0.2, 0) is 19.1 Å². The van der Waals surface area contributed by atoms with E-state index in [1.165, 1.54) is 18.9 Å². The molecule has 1 N–H and O–H groups in total. The highest BCUT2D eigenvalue weighted by molar-refractivity contribution is 8.00. The first kappa shape index (κ1) is 15.8. The molecule has 0 bridgehead atoms. The predicted molar refractivity (Wildman–Crippen MR) is 72.8 cm³/mol. The van der Waals surface area contributed by atoms with Crippen LogP contribution in [0.1, 0.15) is 19.3 Å². The van der Waals surface area contributed by atoms with Gasteiger partial charge in [0.25, 0.3) is 0 Å². The van der Waals surface area contributed by atoms with Gasteiger partial charge in [-0.05, 0) is 12.8 Å². The molecular formula is C12H20N2O4S. The lowest BCUT2D eigenvalue weighted by Crippen LogP contribution is -2.41. The largest absolute Gasteiger partial charge is 0.468 e. The van der Waals surface area contributed by atoms with Gasteiger partial charge < -0.3 is 15.0 Å². The smallest absolute Gasteiger partial charge is 0.315 e. The van der Waals surface area contributed by atoms with Gasteiger partial charge in [-0.3, -0.25) is 14.4 Å². The van der Waals surface area contributed by atoms with Gasteiger partial charge in [0.15, 0.2) is 0 Å². The standard InChI is InChI=1S/C12H20N2O4S/c1-18-12(17)9-19-8-10(15)13-5-7-14-6-3-2-4-11(14)16/h2-9H2,1H3,(H,13,15). The van der Waals surface area contributed by atoms with Gasteiger partial charge in [-0.25, -0.2) is 0 Å². The average molecular weight is 288 g/mol. The second kappa shape index (κ2) is 8.79. The highest BCUT2D eigenvalue weighted by Gasteiger charge is 2.17. The third kappa shape index (κ3) is 6.47. The van der Waals surface area contributed by atoms with E-state index in [2.05, 4.69) is 10.1 Å². The molecule has 0 spiro atoms. The van der Waals surface area contributed by atoms with Crippen LogP contribution in [0.5, 0.6) is 0 Å². The van der Waals surface area contributed by atoms with Crippen molar-refractivity contribution < 1.29 is 19.1 Å². The number of piperidine rings is 1. The molecular weight excluding hydrogens is 268 g/mol. The third-order valence-corrected chi connectivity index (χ3v) is 3.71. The van der Waals surface area contributed by atoms with Crippen LogP contribution < -0.4 is 5.32 Å². The van der Waals surface area contributed by atoms with E-state index in [9.17, 15) is 14.4 Å². The number of nitrogens with one attached hydrogen (secondary N) is 1. The topological polar surface area (TPSA) is 75.7 Å². The number of methoxy groups -OCH3 is 1. The van der Waals surface area contributed by atoms with E-state index >= 15 is 0 Å². The van der Waals surface area contributed by atoms with E-state index in [0.29, 0.717) is 19.5 Å². The summed E-state index contributed by atoms with van der Waals surface area (Å²) in [5, 5.41) is 2.74. The number of rotatable bonds is 7. The normalized spacial score (nSPS) is 15.2. The number of hydrogen-bond donors (Lipinski definition) is 1. The van der Waals surface area contributed by atoms with Gasteiger partial charge in [0.2, 0.25) is 11.8 Å². The van der Waals surface area contributed by atoms with Gasteiger partial charge in [0.1, 0.15) is 0 Å². The van der Waals surface area contributed by atoms with E-state index in [1.54, 1.807) is 4.90 Å². The molecule has 1 fully saturated rings. The van der Waals surface area contributed by atoms with Crippen LogP contribution in [0.3, 0.4) is 0 Å². The lowest BCUT2D eigenvalue weighted by atomic mass is 10.1. The Balaban J connectivity index is 2.06. The Morgan fingerprint density at radius 3 is 2.84 bits per heavy atom. The third-order valence-electron chi connectivity index (χ3n) is 2.81. The molecule has 0 unspecified atom stereocenters. The lowest BCUT2D eigenvalue weighted by Gasteiger charge is -2.26. The first-order valence-electron chi connectivity index (χ1n) is 6.32. The SMILES string of the molecule is COC(=O)CSCC(=O)NCCN1CCCCC1=O. The Morgan fingerprint density at radius 2 is 2.16 bits per heavy atom. The molecule has 0 aromatic carbocycles. The molecule has 108 valence electrons. The number of hydrogen-bond acceptors (Lipinski definition) is 5. The van der Waals surface area contributed by atoms with E-state index in [4.69, 9.17) is 0 Å². The van der Waals surface area contributed by atoms with Crippen LogP contribution in [0, 0.1) is 0 Å². The minimum Gasteiger partial charge on any atom is -0.468 e. The second-order valence-corrected chi connectivity index (χ2v) is 5.24. The van der Waals surface area contributed by atoms with Gasteiger partial charge >= 0.3 is 5.97 Å². The van der Waals surface area contributed by atoms with Gasteiger partial charge in [-0.15, -0.1) is 11.8 Å². The Morgan fingerprint density at radius 1 is 1.37 bits per heavy atom. The molecule has 0 aliphatic carbocycles. The Kier molecular flexibility index (Phi) is 7.32. The van der Waals surface area contributed by atoms with Crippen LogP contribution in [0.25, 0.3) is 0 Å². The fraction of sp³-hybridized carbons (Fsp3) is 0.750. The van der Waals surface area contributed by atoms with E-state index in [-0.39, 0.29) is 29.3 Å². The highest BCUT2D eigenvalue weighted by atomic mass is 32.2. The number of carbonyl (C=O) groups is 3. The van der Waals surface area contributed by atoms with Crippen molar-refractivity contribution in [2.24, 2.45) is 0 Å². The highest BCUT2D eigenvalue weighted by Crippen LogP contribution is 2.09. The Labute approximate surface area is 117 Å². The maximum Gasteiger partial charge on any atom is 0.315 e. The number of likely N-dealkylation sites (tertiary alicyclic amines) is 1. The number of amides is 2. The molecule has 7 heteroatoms. The zero-order valence-electron chi connectivity index (χ0n) is 11.1. The molecule has 1 aliphatic rings. The van der Waals surface area contributed by atoms with E-state index < -0.39 is 0 Å². The first-order chi connectivity index (χ1) is 9.13. The molecule has 0 radical (unpaired) electrons. The maximum absolute atomic E-state index is 11.5. The zero-order valence-corrected chi connectivity index (χ0v) is 12.0. The molecule has 6 nitrogen and oxygen atoms in total. The summed E-state index contributed by atoms with van der Waals surface area (Å²) in [6.45, 7) is 1.81. The first-order valence-corrected chi connectivity index (χ1v) is 7.48.